The number of carbonyl (C=O) groups excluding carboxylic acids is 2. The van der Waals surface area contributed by atoms with Gasteiger partial charge < -0.3 is 16.0 Å². The average molecular weight is 526 g/mol. The molecule has 1 saturated carbocycles. The van der Waals surface area contributed by atoms with Crippen LogP contribution in [0.25, 0.3) is 16.8 Å². The van der Waals surface area contributed by atoms with Gasteiger partial charge in [0.05, 0.1) is 6.20 Å². The molecule has 2 aliphatic heterocycles. The summed E-state index contributed by atoms with van der Waals surface area (Å²) in [4.78, 5) is 40.4. The summed E-state index contributed by atoms with van der Waals surface area (Å²) in [5.74, 6) is 0.999. The summed E-state index contributed by atoms with van der Waals surface area (Å²) in [7, 11) is 0. The van der Waals surface area contributed by atoms with E-state index >= 15 is 4.39 Å². The lowest BCUT2D eigenvalue weighted by molar-refractivity contribution is -0.130. The van der Waals surface area contributed by atoms with E-state index in [1.54, 1.807) is 30.5 Å². The summed E-state index contributed by atoms with van der Waals surface area (Å²) in [5, 5.41) is 2.87. The molecule has 0 bridgehead atoms. The predicted molar refractivity (Wildman–Crippen MR) is 144 cm³/mol. The molecule has 198 valence electrons. The number of anilines is 2. The van der Waals surface area contributed by atoms with Crippen molar-refractivity contribution in [2.75, 3.05) is 17.6 Å². The van der Waals surface area contributed by atoms with Crippen LogP contribution in [0.1, 0.15) is 72.1 Å². The summed E-state index contributed by atoms with van der Waals surface area (Å²) >= 11 is 0. The van der Waals surface area contributed by atoms with Gasteiger partial charge in [-0.2, -0.15) is 4.39 Å². The molecule has 9 nitrogen and oxygen atoms in total. The molecular formula is C29H28FN7O2. The zero-order chi connectivity index (χ0) is 26.7. The first-order chi connectivity index (χ1) is 19.0. The summed E-state index contributed by atoms with van der Waals surface area (Å²) < 4.78 is 16.6. The number of halogens is 1. The number of piperidine rings is 1. The highest BCUT2D eigenvalue weighted by molar-refractivity contribution is 6.04. The molecule has 1 aromatic carbocycles. The van der Waals surface area contributed by atoms with Gasteiger partial charge in [-0.1, -0.05) is 12.1 Å². The van der Waals surface area contributed by atoms with E-state index in [-0.39, 0.29) is 29.6 Å². The average Bonchev–Trinajstić information content (AvgIpc) is 3.63. The molecular weight excluding hydrogens is 497 g/mol. The second-order valence-electron chi connectivity index (χ2n) is 10.8. The van der Waals surface area contributed by atoms with Crippen LogP contribution in [-0.2, 0) is 4.79 Å². The second kappa shape index (κ2) is 9.14. The first-order valence-corrected chi connectivity index (χ1v) is 13.5. The monoisotopic (exact) mass is 525 g/mol. The van der Waals surface area contributed by atoms with Gasteiger partial charge >= 0.3 is 0 Å². The molecule has 3 fully saturated rings. The molecule has 2 saturated heterocycles. The van der Waals surface area contributed by atoms with Gasteiger partial charge in [-0.3, -0.25) is 14.0 Å². The van der Waals surface area contributed by atoms with Crippen LogP contribution in [0.15, 0.2) is 48.8 Å². The molecule has 0 radical (unpaired) electrons. The van der Waals surface area contributed by atoms with E-state index in [2.05, 4.69) is 15.3 Å². The Morgan fingerprint density at radius 3 is 2.62 bits per heavy atom. The highest BCUT2D eigenvalue weighted by Gasteiger charge is 2.38. The zero-order valence-corrected chi connectivity index (χ0v) is 21.3. The van der Waals surface area contributed by atoms with Crippen molar-refractivity contribution in [2.24, 2.45) is 0 Å². The number of fused-ring (bicyclic) bond motifs is 2. The van der Waals surface area contributed by atoms with Gasteiger partial charge in [-0.05, 0) is 67.9 Å². The lowest BCUT2D eigenvalue weighted by Gasteiger charge is -2.34. The second-order valence-corrected chi connectivity index (χ2v) is 10.8. The SMILES string of the molecule is Nc1ncc(F)n2c([C@@H]3CC[C@H]4CCC(=O)N4C3)nc(-c3ccc(C(=O)Nc4cc(C5CC5)ccn4)cc3)c12. The van der Waals surface area contributed by atoms with E-state index < -0.39 is 5.95 Å². The first-order valence-electron chi connectivity index (χ1n) is 13.5. The van der Waals surface area contributed by atoms with Gasteiger partial charge in [-0.25, -0.2) is 15.0 Å². The zero-order valence-electron chi connectivity index (χ0n) is 21.3. The van der Waals surface area contributed by atoms with Crippen LogP contribution in [0.3, 0.4) is 0 Å². The standard InChI is InChI=1S/C29H28FN7O2/c30-22-14-33-27(31)26-25(35-28(37(22)26)20-7-8-21-9-10-24(38)36(21)15-20)17-3-5-18(6-4-17)29(39)34-23-13-19(11-12-32-23)16-1-2-16/h3-6,11-14,16,20-21H,1-2,7-10,15H2,(H2,31,33)(H,32,34,39)/t20-,21+/m1/s1. The first kappa shape index (κ1) is 23.8. The highest BCUT2D eigenvalue weighted by atomic mass is 19.1. The van der Waals surface area contributed by atoms with Crippen molar-refractivity contribution in [1.29, 1.82) is 0 Å². The van der Waals surface area contributed by atoms with Crippen molar-refractivity contribution >= 4 is 29.0 Å². The molecule has 3 aliphatic rings. The van der Waals surface area contributed by atoms with E-state index in [0.717, 1.165) is 25.5 Å². The number of hydrogen-bond donors (Lipinski definition) is 2. The minimum absolute atomic E-state index is 0.121. The largest absolute Gasteiger partial charge is 0.382 e. The van der Waals surface area contributed by atoms with Crippen LogP contribution >= 0.6 is 0 Å². The van der Waals surface area contributed by atoms with Crippen molar-refractivity contribution in [3.05, 3.63) is 71.7 Å². The number of rotatable bonds is 5. The van der Waals surface area contributed by atoms with Crippen LogP contribution in [0.5, 0.6) is 0 Å². The van der Waals surface area contributed by atoms with E-state index in [9.17, 15) is 9.59 Å². The Kier molecular flexibility index (Phi) is 5.57. The van der Waals surface area contributed by atoms with Gasteiger partial charge in [0.25, 0.3) is 5.91 Å². The molecule has 3 aromatic heterocycles. The van der Waals surface area contributed by atoms with Gasteiger partial charge in [0, 0.05) is 42.2 Å². The van der Waals surface area contributed by atoms with Gasteiger partial charge in [0.15, 0.2) is 0 Å². The Bertz CT molecular complexity index is 1610. The molecule has 5 heterocycles. The van der Waals surface area contributed by atoms with E-state index in [1.807, 2.05) is 17.0 Å². The summed E-state index contributed by atoms with van der Waals surface area (Å²) in [6.07, 6.45) is 8.29. The molecule has 3 N–H and O–H groups in total. The van der Waals surface area contributed by atoms with Crippen molar-refractivity contribution in [1.82, 2.24) is 24.3 Å². The summed E-state index contributed by atoms with van der Waals surface area (Å²) in [5.41, 5.74) is 9.47. The molecule has 10 heteroatoms. The molecule has 7 rings (SSSR count). The minimum Gasteiger partial charge on any atom is -0.382 e. The predicted octanol–water partition coefficient (Wildman–Crippen LogP) is 4.51. The molecule has 2 atom stereocenters. The van der Waals surface area contributed by atoms with Crippen molar-refractivity contribution in [2.45, 2.75) is 56.4 Å². The number of nitrogens with two attached hydrogens (primary N) is 1. The fraction of sp³-hybridized carbons (Fsp3) is 0.345. The number of imidazole rings is 1. The number of hydrogen-bond acceptors (Lipinski definition) is 6. The fourth-order valence-electron chi connectivity index (χ4n) is 6.04. The normalized spacial score (nSPS) is 20.8. The quantitative estimate of drug-likeness (QED) is 0.396. The number of nitrogen functional groups attached to an aromatic ring is 1. The van der Waals surface area contributed by atoms with Crippen molar-refractivity contribution in [3.63, 3.8) is 0 Å². The number of aromatic nitrogens is 4. The fourth-order valence-corrected chi connectivity index (χ4v) is 6.04. The third kappa shape index (κ3) is 4.20. The maximum absolute atomic E-state index is 15.2. The number of pyridine rings is 1. The van der Waals surface area contributed by atoms with Crippen LogP contribution in [0.2, 0.25) is 0 Å². The van der Waals surface area contributed by atoms with Gasteiger partial charge in [0.1, 0.15) is 28.7 Å². The molecule has 39 heavy (non-hydrogen) atoms. The molecule has 1 aliphatic carbocycles. The van der Waals surface area contributed by atoms with E-state index in [0.29, 0.717) is 52.9 Å². The Hall–Kier alpha value is -4.34. The molecule has 4 aromatic rings. The Balaban J connectivity index is 1.19. The Labute approximate surface area is 224 Å². The van der Waals surface area contributed by atoms with Crippen LogP contribution < -0.4 is 11.1 Å². The molecule has 2 amide bonds. The minimum atomic E-state index is -0.556. The summed E-state index contributed by atoms with van der Waals surface area (Å²) in [6, 6.07) is 11.1. The molecule has 0 spiro atoms. The lowest BCUT2D eigenvalue weighted by atomic mass is 9.92. The van der Waals surface area contributed by atoms with E-state index in [1.165, 1.54) is 22.8 Å². The van der Waals surface area contributed by atoms with Gasteiger partial charge in [0.2, 0.25) is 11.9 Å². The number of benzene rings is 1. The maximum Gasteiger partial charge on any atom is 0.256 e. The highest BCUT2D eigenvalue weighted by Crippen LogP contribution is 2.41. The smallest absolute Gasteiger partial charge is 0.256 e. The van der Waals surface area contributed by atoms with Crippen molar-refractivity contribution in [3.8, 4) is 11.3 Å². The number of nitrogens with one attached hydrogen (secondary N) is 1. The third-order valence-electron chi connectivity index (χ3n) is 8.25. The Morgan fingerprint density at radius 1 is 1.03 bits per heavy atom. The van der Waals surface area contributed by atoms with Crippen LogP contribution in [0, 0.1) is 5.95 Å². The number of nitrogens with zero attached hydrogens (tertiary/aromatic N) is 5. The van der Waals surface area contributed by atoms with Crippen LogP contribution in [-0.4, -0.2) is 48.7 Å². The van der Waals surface area contributed by atoms with Gasteiger partial charge in [-0.15, -0.1) is 0 Å². The summed E-state index contributed by atoms with van der Waals surface area (Å²) in [6.45, 7) is 0.513. The van der Waals surface area contributed by atoms with Crippen molar-refractivity contribution < 1.29 is 14.0 Å². The maximum atomic E-state index is 15.2. The number of amides is 2. The topological polar surface area (TPSA) is 119 Å². The lowest BCUT2D eigenvalue weighted by Crippen LogP contribution is -2.41. The van der Waals surface area contributed by atoms with Crippen LogP contribution in [0.4, 0.5) is 16.0 Å². The molecule has 0 unspecified atom stereocenters. The van der Waals surface area contributed by atoms with E-state index in [4.69, 9.17) is 10.7 Å². The number of carbonyl (C=O) groups is 2. The third-order valence-corrected chi connectivity index (χ3v) is 8.25. The Morgan fingerprint density at radius 2 is 1.82 bits per heavy atom.